The molecule has 0 aromatic rings. The molecule has 0 spiro atoms. The molecule has 1 rings (SSSR count). The molecule has 0 unspecified atom stereocenters. The Morgan fingerprint density at radius 3 is 1.38 bits per heavy atom. The maximum Gasteiger partial charge on any atom is 0.0863 e. The highest BCUT2D eigenvalue weighted by Crippen LogP contribution is 2.29. The second-order valence-corrected chi connectivity index (χ2v) is 6.13. The number of halogens is 2. The normalized spacial score (nSPS) is 35.2. The molecule has 0 bridgehead atoms. The van der Waals surface area contributed by atoms with Gasteiger partial charge in [-0.3, -0.25) is 0 Å². The molecular weight excluding hydrogens is 336 g/mol. The number of hydrogen-bond donors (Lipinski definition) is 2. The van der Waals surface area contributed by atoms with Crippen LogP contribution < -0.4 is 0 Å². The quantitative estimate of drug-likeness (QED) is 0.692. The largest absolute Gasteiger partial charge is 0.388 e. The van der Waals surface area contributed by atoms with Crippen LogP contribution in [-0.4, -0.2) is 22.4 Å². The van der Waals surface area contributed by atoms with Crippen molar-refractivity contribution in [2.75, 3.05) is 0 Å². The van der Waals surface area contributed by atoms with E-state index in [1.807, 2.05) is 0 Å². The van der Waals surface area contributed by atoms with Crippen molar-refractivity contribution >= 4 is 31.9 Å². The molecule has 0 heterocycles. The van der Waals surface area contributed by atoms with Crippen molar-refractivity contribution in [3.8, 4) is 0 Å². The van der Waals surface area contributed by atoms with Gasteiger partial charge in [0.15, 0.2) is 0 Å². The molecule has 16 heavy (non-hydrogen) atoms. The van der Waals surface area contributed by atoms with Gasteiger partial charge in [0, 0.05) is 8.96 Å². The lowest BCUT2D eigenvalue weighted by molar-refractivity contribution is 0.186. The number of hydrogen-bond acceptors (Lipinski definition) is 2. The summed E-state index contributed by atoms with van der Waals surface area (Å²) in [6.07, 6.45) is 7.53. The fourth-order valence-electron chi connectivity index (χ4n) is 1.95. The van der Waals surface area contributed by atoms with Crippen LogP contribution in [0, 0.1) is 0 Å². The van der Waals surface area contributed by atoms with Crippen molar-refractivity contribution in [3.05, 3.63) is 8.96 Å². The average molecular weight is 356 g/mol. The van der Waals surface area contributed by atoms with Gasteiger partial charge in [-0.2, -0.15) is 0 Å². The first kappa shape index (κ1) is 14.7. The summed E-state index contributed by atoms with van der Waals surface area (Å²) in [5.74, 6) is 0. The lowest BCUT2D eigenvalue weighted by Gasteiger charge is -2.17. The van der Waals surface area contributed by atoms with Gasteiger partial charge in [-0.25, -0.2) is 0 Å². The van der Waals surface area contributed by atoms with Gasteiger partial charge in [-0.05, 0) is 12.8 Å². The van der Waals surface area contributed by atoms with Crippen molar-refractivity contribution in [2.45, 2.75) is 63.6 Å². The summed E-state index contributed by atoms with van der Waals surface area (Å²) in [5, 5.41) is 19.8. The van der Waals surface area contributed by atoms with Crippen LogP contribution in [0.25, 0.3) is 0 Å². The van der Waals surface area contributed by atoms with Gasteiger partial charge in [0.2, 0.25) is 0 Å². The van der Waals surface area contributed by atoms with Gasteiger partial charge in [-0.15, -0.1) is 0 Å². The standard InChI is InChI=1S/C12H20Br2O2/c13-11-9(15)7-5-3-1-2-4-6-8-10(16)12(11)14/h9-10,15-16H,1-8H2/b12-11+/t9-,10+. The van der Waals surface area contributed by atoms with Crippen LogP contribution in [0.15, 0.2) is 8.96 Å². The Morgan fingerprint density at radius 2 is 1.00 bits per heavy atom. The average Bonchev–Trinajstić information content (AvgIpc) is 2.28. The molecule has 0 aromatic carbocycles. The van der Waals surface area contributed by atoms with E-state index in [2.05, 4.69) is 31.9 Å². The molecule has 0 aliphatic heterocycles. The molecule has 1 aliphatic rings. The molecule has 2 atom stereocenters. The molecule has 94 valence electrons. The van der Waals surface area contributed by atoms with E-state index in [1.54, 1.807) is 0 Å². The summed E-state index contributed by atoms with van der Waals surface area (Å²) in [5.41, 5.74) is 0. The second kappa shape index (κ2) is 7.85. The van der Waals surface area contributed by atoms with Gasteiger partial charge < -0.3 is 10.2 Å². The van der Waals surface area contributed by atoms with Crippen LogP contribution in [0.1, 0.15) is 51.4 Å². The zero-order valence-electron chi connectivity index (χ0n) is 9.46. The molecule has 0 saturated heterocycles. The summed E-state index contributed by atoms with van der Waals surface area (Å²) >= 11 is 6.74. The third-order valence-corrected chi connectivity index (χ3v) is 5.46. The predicted molar refractivity (Wildman–Crippen MR) is 73.8 cm³/mol. The van der Waals surface area contributed by atoms with Crippen LogP contribution in [0.2, 0.25) is 0 Å². The first-order chi connectivity index (χ1) is 7.63. The number of aliphatic hydroxyl groups excluding tert-OH is 2. The summed E-state index contributed by atoms with van der Waals surface area (Å²) in [6.45, 7) is 0. The van der Waals surface area contributed by atoms with Crippen molar-refractivity contribution in [1.29, 1.82) is 0 Å². The summed E-state index contributed by atoms with van der Waals surface area (Å²) < 4.78 is 1.42. The Balaban J connectivity index is 2.65. The fraction of sp³-hybridized carbons (Fsp3) is 0.833. The smallest absolute Gasteiger partial charge is 0.0863 e. The molecule has 4 heteroatoms. The maximum atomic E-state index is 9.90. The molecule has 0 radical (unpaired) electrons. The first-order valence-electron chi connectivity index (χ1n) is 6.04. The molecular formula is C12H20Br2O2. The number of aliphatic hydroxyl groups is 2. The van der Waals surface area contributed by atoms with E-state index in [-0.39, 0.29) is 0 Å². The van der Waals surface area contributed by atoms with Gasteiger partial charge >= 0.3 is 0 Å². The van der Waals surface area contributed by atoms with Crippen LogP contribution in [0.3, 0.4) is 0 Å². The lowest BCUT2D eigenvalue weighted by Crippen LogP contribution is -2.14. The molecule has 0 aromatic heterocycles. The molecule has 2 N–H and O–H groups in total. The van der Waals surface area contributed by atoms with Gasteiger partial charge in [0.25, 0.3) is 0 Å². The highest BCUT2D eigenvalue weighted by molar-refractivity contribution is 9.14. The van der Waals surface area contributed by atoms with Gasteiger partial charge in [-0.1, -0.05) is 70.4 Å². The maximum absolute atomic E-state index is 9.90. The molecule has 0 fully saturated rings. The first-order valence-corrected chi connectivity index (χ1v) is 7.62. The highest BCUT2D eigenvalue weighted by Gasteiger charge is 2.18. The van der Waals surface area contributed by atoms with E-state index < -0.39 is 12.2 Å². The Labute approximate surface area is 114 Å². The van der Waals surface area contributed by atoms with Crippen LogP contribution >= 0.6 is 31.9 Å². The Morgan fingerprint density at radius 1 is 0.688 bits per heavy atom. The lowest BCUT2D eigenvalue weighted by atomic mass is 10.0. The van der Waals surface area contributed by atoms with E-state index >= 15 is 0 Å². The molecule has 2 nitrogen and oxygen atoms in total. The third-order valence-electron chi connectivity index (χ3n) is 3.02. The van der Waals surface area contributed by atoms with Gasteiger partial charge in [0.1, 0.15) is 0 Å². The minimum Gasteiger partial charge on any atom is -0.388 e. The van der Waals surface area contributed by atoms with Crippen molar-refractivity contribution in [2.24, 2.45) is 0 Å². The zero-order valence-corrected chi connectivity index (χ0v) is 12.6. The molecule has 0 amide bonds. The Bertz CT molecular complexity index is 217. The SMILES string of the molecule is O[C@@H]1CCCCCCCC[C@H](O)/C(Br)=C/1Br. The van der Waals surface area contributed by atoms with Crippen LogP contribution in [0.4, 0.5) is 0 Å². The van der Waals surface area contributed by atoms with E-state index in [0.717, 1.165) is 25.7 Å². The van der Waals surface area contributed by atoms with Crippen LogP contribution in [0.5, 0.6) is 0 Å². The van der Waals surface area contributed by atoms with Crippen molar-refractivity contribution in [3.63, 3.8) is 0 Å². The van der Waals surface area contributed by atoms with E-state index in [9.17, 15) is 10.2 Å². The monoisotopic (exact) mass is 354 g/mol. The minimum absolute atomic E-state index is 0.483. The van der Waals surface area contributed by atoms with E-state index in [4.69, 9.17) is 0 Å². The fourth-order valence-corrected chi connectivity index (χ4v) is 2.94. The van der Waals surface area contributed by atoms with E-state index in [0.29, 0.717) is 8.96 Å². The number of rotatable bonds is 0. The zero-order chi connectivity index (χ0) is 12.0. The highest BCUT2D eigenvalue weighted by atomic mass is 79.9. The summed E-state index contributed by atoms with van der Waals surface area (Å²) in [7, 11) is 0. The van der Waals surface area contributed by atoms with E-state index in [1.165, 1.54) is 25.7 Å². The topological polar surface area (TPSA) is 40.5 Å². The van der Waals surface area contributed by atoms with Gasteiger partial charge in [0.05, 0.1) is 12.2 Å². The minimum atomic E-state index is -0.483. The van der Waals surface area contributed by atoms with Crippen LogP contribution in [-0.2, 0) is 0 Å². The Hall–Kier alpha value is 0.620. The Kier molecular flexibility index (Phi) is 7.20. The third kappa shape index (κ3) is 4.86. The van der Waals surface area contributed by atoms with Crippen molar-refractivity contribution < 1.29 is 10.2 Å². The predicted octanol–water partition coefficient (Wildman–Crippen LogP) is 3.84. The summed E-state index contributed by atoms with van der Waals surface area (Å²) in [4.78, 5) is 0. The molecule has 0 saturated carbocycles. The van der Waals surface area contributed by atoms with Crippen molar-refractivity contribution in [1.82, 2.24) is 0 Å². The second-order valence-electron chi connectivity index (χ2n) is 4.43. The summed E-state index contributed by atoms with van der Waals surface area (Å²) in [6, 6.07) is 0. The molecule has 1 aliphatic carbocycles.